The Bertz CT molecular complexity index is 1410. The molecule has 0 aliphatic heterocycles. The first kappa shape index (κ1) is 19.5. The fourth-order valence-electron chi connectivity index (χ4n) is 3.64. The Morgan fingerprint density at radius 2 is 1.50 bits per heavy atom. The maximum absolute atomic E-state index is 12.9. The molecule has 2 heterocycles. The van der Waals surface area contributed by atoms with Crippen molar-refractivity contribution < 1.29 is 0 Å². The molecular weight excluding hydrogens is 402 g/mol. The minimum atomic E-state index is -0.148. The molecule has 0 saturated heterocycles. The number of hydrogen-bond acceptors (Lipinski definition) is 6. The van der Waals surface area contributed by atoms with Crippen LogP contribution in [0.5, 0.6) is 0 Å². The van der Waals surface area contributed by atoms with Gasteiger partial charge in [-0.05, 0) is 28.8 Å². The van der Waals surface area contributed by atoms with Gasteiger partial charge in [0.15, 0.2) is 5.82 Å². The molecule has 0 unspecified atom stereocenters. The summed E-state index contributed by atoms with van der Waals surface area (Å²) >= 11 is 0. The molecule has 0 fully saturated rings. The molecular formula is C24H19N7O. The van der Waals surface area contributed by atoms with Crippen molar-refractivity contribution in [2.75, 3.05) is 0 Å². The van der Waals surface area contributed by atoms with E-state index in [9.17, 15) is 4.79 Å². The maximum atomic E-state index is 12.9. The van der Waals surface area contributed by atoms with Crippen molar-refractivity contribution in [3.05, 3.63) is 100 Å². The first-order valence-corrected chi connectivity index (χ1v) is 10.1. The van der Waals surface area contributed by atoms with E-state index in [0.717, 1.165) is 27.8 Å². The molecule has 32 heavy (non-hydrogen) atoms. The molecule has 8 heteroatoms. The Hall–Kier alpha value is -4.46. The number of aryl methyl sites for hydroxylation is 1. The third kappa shape index (κ3) is 3.69. The predicted octanol–water partition coefficient (Wildman–Crippen LogP) is 3.51. The zero-order valence-electron chi connectivity index (χ0n) is 17.3. The number of hydrogen-bond donors (Lipinski definition) is 1. The molecule has 5 aromatic rings. The minimum absolute atomic E-state index is 0.148. The average molecular weight is 421 g/mol. The fourth-order valence-corrected chi connectivity index (χ4v) is 3.64. The summed E-state index contributed by atoms with van der Waals surface area (Å²) in [6, 6.07) is 25.6. The second kappa shape index (κ2) is 8.35. The first-order chi connectivity index (χ1) is 15.7. The highest BCUT2D eigenvalue weighted by Crippen LogP contribution is 2.29. The summed E-state index contributed by atoms with van der Waals surface area (Å²) in [6.45, 7) is 2.07. The number of aromatic nitrogens is 7. The monoisotopic (exact) mass is 421 g/mol. The third-order valence-electron chi connectivity index (χ3n) is 5.26. The number of nitrogens with zero attached hydrogens (tertiary/aromatic N) is 6. The number of tetrazole rings is 1. The molecule has 0 saturated carbocycles. The van der Waals surface area contributed by atoms with Gasteiger partial charge < -0.3 is 0 Å². The number of aromatic amines is 1. The van der Waals surface area contributed by atoms with Gasteiger partial charge in [0, 0.05) is 11.1 Å². The lowest BCUT2D eigenvalue weighted by molar-refractivity contribution is 0.705. The fraction of sp³-hybridized carbons (Fsp3) is 0.0833. The van der Waals surface area contributed by atoms with E-state index in [-0.39, 0.29) is 5.56 Å². The smallest absolute Gasteiger partial charge is 0.275 e. The van der Waals surface area contributed by atoms with Gasteiger partial charge in [0.25, 0.3) is 5.56 Å². The molecule has 0 atom stereocenters. The van der Waals surface area contributed by atoms with Gasteiger partial charge in [-0.2, -0.15) is 5.21 Å². The summed E-state index contributed by atoms with van der Waals surface area (Å²) in [6.07, 6.45) is 0. The molecule has 156 valence electrons. The van der Waals surface area contributed by atoms with Crippen LogP contribution in [0.2, 0.25) is 0 Å². The molecule has 2 aromatic heterocycles. The summed E-state index contributed by atoms with van der Waals surface area (Å²) < 4.78 is 1.67. The van der Waals surface area contributed by atoms with E-state index in [2.05, 4.69) is 30.8 Å². The summed E-state index contributed by atoms with van der Waals surface area (Å²) in [4.78, 5) is 12.9. The molecule has 0 radical (unpaired) electrons. The van der Waals surface area contributed by atoms with E-state index in [0.29, 0.717) is 23.9 Å². The van der Waals surface area contributed by atoms with Crippen LogP contribution in [-0.2, 0) is 6.54 Å². The van der Waals surface area contributed by atoms with E-state index in [4.69, 9.17) is 0 Å². The first-order valence-electron chi connectivity index (χ1n) is 10.1. The van der Waals surface area contributed by atoms with Gasteiger partial charge >= 0.3 is 0 Å². The van der Waals surface area contributed by atoms with Crippen molar-refractivity contribution in [1.29, 1.82) is 0 Å². The molecule has 0 spiro atoms. The molecule has 1 N–H and O–H groups in total. The zero-order valence-corrected chi connectivity index (χ0v) is 17.3. The quantitative estimate of drug-likeness (QED) is 0.466. The largest absolute Gasteiger partial charge is 0.285 e. The van der Waals surface area contributed by atoms with Crippen LogP contribution in [-0.4, -0.2) is 35.4 Å². The predicted molar refractivity (Wildman–Crippen MR) is 121 cm³/mol. The van der Waals surface area contributed by atoms with E-state index >= 15 is 0 Å². The van der Waals surface area contributed by atoms with Gasteiger partial charge in [0.1, 0.15) is 5.69 Å². The normalized spacial score (nSPS) is 10.9. The third-order valence-corrected chi connectivity index (χ3v) is 5.26. The van der Waals surface area contributed by atoms with Crippen molar-refractivity contribution in [2.24, 2.45) is 0 Å². The number of H-pyrrole nitrogens is 1. The molecule has 5 rings (SSSR count). The van der Waals surface area contributed by atoms with Crippen molar-refractivity contribution in [3.8, 4) is 33.9 Å². The Morgan fingerprint density at radius 1 is 0.781 bits per heavy atom. The van der Waals surface area contributed by atoms with Crippen LogP contribution in [0.25, 0.3) is 33.9 Å². The standard InChI is InChI=1S/C24H19N7O/c1-16-24(32)31(23(28-25-16)19-7-3-2-4-8-19)15-17-11-13-18(14-12-17)20-9-5-6-10-21(20)22-26-29-30-27-22/h2-14H,15H2,1H3,(H,26,27,29,30). The van der Waals surface area contributed by atoms with Gasteiger partial charge in [-0.1, -0.05) is 78.9 Å². The molecule has 0 aliphatic carbocycles. The van der Waals surface area contributed by atoms with Crippen LogP contribution >= 0.6 is 0 Å². The van der Waals surface area contributed by atoms with Crippen LogP contribution in [0.3, 0.4) is 0 Å². The van der Waals surface area contributed by atoms with Crippen molar-refractivity contribution in [3.63, 3.8) is 0 Å². The SMILES string of the molecule is Cc1nnc(-c2ccccc2)n(Cc2ccc(-c3ccccc3-c3nn[nH]n3)cc2)c1=O. The summed E-state index contributed by atoms with van der Waals surface area (Å²) in [5, 5.41) is 22.7. The highest BCUT2D eigenvalue weighted by molar-refractivity contribution is 5.80. The lowest BCUT2D eigenvalue weighted by Gasteiger charge is -2.13. The summed E-state index contributed by atoms with van der Waals surface area (Å²) in [7, 11) is 0. The van der Waals surface area contributed by atoms with Gasteiger partial charge in [0.05, 0.1) is 6.54 Å². The summed E-state index contributed by atoms with van der Waals surface area (Å²) in [5.74, 6) is 1.09. The lowest BCUT2D eigenvalue weighted by Crippen LogP contribution is -2.27. The number of nitrogens with one attached hydrogen (secondary N) is 1. The zero-order chi connectivity index (χ0) is 21.9. The second-order valence-corrected chi connectivity index (χ2v) is 7.34. The van der Waals surface area contributed by atoms with Gasteiger partial charge in [-0.3, -0.25) is 9.36 Å². The van der Waals surface area contributed by atoms with E-state index in [1.54, 1.807) is 11.5 Å². The van der Waals surface area contributed by atoms with Crippen LogP contribution in [0, 0.1) is 6.92 Å². The topological polar surface area (TPSA) is 102 Å². The Labute approximate surface area is 183 Å². The van der Waals surface area contributed by atoms with Crippen molar-refractivity contribution >= 4 is 0 Å². The number of rotatable bonds is 5. The second-order valence-electron chi connectivity index (χ2n) is 7.34. The highest BCUT2D eigenvalue weighted by Gasteiger charge is 2.13. The average Bonchev–Trinajstić information content (AvgIpc) is 3.38. The van der Waals surface area contributed by atoms with Crippen LogP contribution in [0.15, 0.2) is 83.7 Å². The molecule has 0 amide bonds. The molecule has 8 nitrogen and oxygen atoms in total. The Morgan fingerprint density at radius 3 is 2.22 bits per heavy atom. The minimum Gasteiger partial charge on any atom is -0.285 e. The van der Waals surface area contributed by atoms with Crippen LogP contribution < -0.4 is 5.56 Å². The van der Waals surface area contributed by atoms with Crippen molar-refractivity contribution in [2.45, 2.75) is 13.5 Å². The van der Waals surface area contributed by atoms with Gasteiger partial charge in [-0.25, -0.2) is 0 Å². The van der Waals surface area contributed by atoms with Gasteiger partial charge in [0.2, 0.25) is 5.82 Å². The highest BCUT2D eigenvalue weighted by atomic mass is 16.1. The Balaban J connectivity index is 1.50. The maximum Gasteiger partial charge on any atom is 0.275 e. The Kier molecular flexibility index (Phi) is 5.09. The van der Waals surface area contributed by atoms with Crippen LogP contribution in [0.4, 0.5) is 0 Å². The van der Waals surface area contributed by atoms with E-state index in [1.165, 1.54) is 0 Å². The molecule has 0 bridgehead atoms. The van der Waals surface area contributed by atoms with Crippen molar-refractivity contribution in [1.82, 2.24) is 35.4 Å². The van der Waals surface area contributed by atoms with Gasteiger partial charge in [-0.15, -0.1) is 20.4 Å². The van der Waals surface area contributed by atoms with Crippen LogP contribution in [0.1, 0.15) is 11.3 Å². The summed E-state index contributed by atoms with van der Waals surface area (Å²) in [5.41, 5.74) is 4.98. The number of benzene rings is 3. The molecule has 3 aromatic carbocycles. The van der Waals surface area contributed by atoms with E-state index < -0.39 is 0 Å². The van der Waals surface area contributed by atoms with E-state index in [1.807, 2.05) is 78.9 Å². The molecule has 0 aliphatic rings. The lowest BCUT2D eigenvalue weighted by atomic mass is 9.98.